The van der Waals surface area contributed by atoms with Crippen LogP contribution in [0.4, 0.5) is 5.13 Å². The van der Waals surface area contributed by atoms with Crippen LogP contribution in [0.1, 0.15) is 25.7 Å². The summed E-state index contributed by atoms with van der Waals surface area (Å²) >= 11 is 7.34. The van der Waals surface area contributed by atoms with Crippen LogP contribution in [0.2, 0.25) is 0 Å². The molecule has 2 heterocycles. The third kappa shape index (κ3) is 2.17. The minimum atomic E-state index is 0.640. The zero-order chi connectivity index (χ0) is 9.80. The monoisotopic (exact) mass is 231 g/mol. The van der Waals surface area contributed by atoms with Crippen molar-refractivity contribution in [2.45, 2.75) is 31.7 Å². The van der Waals surface area contributed by atoms with E-state index in [4.69, 9.17) is 11.6 Å². The number of nitrogens with zero attached hydrogens (tertiary/aromatic N) is 3. The lowest BCUT2D eigenvalue weighted by Crippen LogP contribution is -2.29. The number of halogens is 1. The van der Waals surface area contributed by atoms with Crippen molar-refractivity contribution in [1.82, 2.24) is 10.2 Å². The maximum Gasteiger partial charge on any atom is 0.208 e. The van der Waals surface area contributed by atoms with Crippen molar-refractivity contribution in [3.63, 3.8) is 0 Å². The summed E-state index contributed by atoms with van der Waals surface area (Å²) in [5.41, 5.74) is 1.80. The molecule has 1 saturated heterocycles. The van der Waals surface area contributed by atoms with Gasteiger partial charge in [0.15, 0.2) is 0 Å². The number of hydrogen-bond acceptors (Lipinski definition) is 4. The minimum absolute atomic E-state index is 0.640. The Kier molecular flexibility index (Phi) is 3.59. The second-order valence-electron chi connectivity index (χ2n) is 3.54. The van der Waals surface area contributed by atoms with Crippen LogP contribution in [0.3, 0.4) is 0 Å². The summed E-state index contributed by atoms with van der Waals surface area (Å²) in [6.45, 7) is 1.13. The number of anilines is 1. The van der Waals surface area contributed by atoms with Crippen LogP contribution in [0.5, 0.6) is 0 Å². The average Bonchev–Trinajstić information content (AvgIpc) is 2.84. The third-order valence-electron chi connectivity index (χ3n) is 2.64. The molecule has 1 fully saturated rings. The molecule has 0 spiro atoms. The fraction of sp³-hybridized carbons (Fsp3) is 0.778. The summed E-state index contributed by atoms with van der Waals surface area (Å²) in [6.07, 6.45) is 4.83. The van der Waals surface area contributed by atoms with Crippen LogP contribution >= 0.6 is 22.9 Å². The van der Waals surface area contributed by atoms with Crippen LogP contribution in [-0.2, 0) is 0 Å². The first-order valence-electron chi connectivity index (χ1n) is 5.00. The Morgan fingerprint density at radius 3 is 3.29 bits per heavy atom. The molecule has 1 aromatic rings. The van der Waals surface area contributed by atoms with Gasteiger partial charge in [0.05, 0.1) is 0 Å². The van der Waals surface area contributed by atoms with Gasteiger partial charge in [-0.3, -0.25) is 0 Å². The Morgan fingerprint density at radius 2 is 2.57 bits per heavy atom. The second-order valence-corrected chi connectivity index (χ2v) is 4.73. The van der Waals surface area contributed by atoms with E-state index in [1.54, 1.807) is 16.8 Å². The molecule has 0 aliphatic carbocycles. The molecule has 3 nitrogen and oxygen atoms in total. The number of alkyl halides is 1. The SMILES string of the molecule is ClCCCC1CCCN1c1nncs1. The molecular weight excluding hydrogens is 218 g/mol. The molecule has 14 heavy (non-hydrogen) atoms. The molecule has 0 amide bonds. The van der Waals surface area contributed by atoms with E-state index in [1.165, 1.54) is 19.3 Å². The van der Waals surface area contributed by atoms with Crippen molar-refractivity contribution in [2.24, 2.45) is 0 Å². The van der Waals surface area contributed by atoms with Gasteiger partial charge in [-0.05, 0) is 25.7 Å². The van der Waals surface area contributed by atoms with Gasteiger partial charge < -0.3 is 4.90 Å². The molecular formula is C9H14ClN3S. The molecule has 1 atom stereocenters. The fourth-order valence-corrected chi connectivity index (χ4v) is 2.81. The normalized spacial score (nSPS) is 21.8. The van der Waals surface area contributed by atoms with Gasteiger partial charge in [-0.15, -0.1) is 21.8 Å². The predicted molar refractivity (Wildman–Crippen MR) is 60.2 cm³/mol. The Labute approximate surface area is 93.1 Å². The molecule has 1 aromatic heterocycles. The van der Waals surface area contributed by atoms with Crippen molar-refractivity contribution < 1.29 is 0 Å². The zero-order valence-corrected chi connectivity index (χ0v) is 9.60. The van der Waals surface area contributed by atoms with Gasteiger partial charge in [-0.2, -0.15) is 0 Å². The van der Waals surface area contributed by atoms with Gasteiger partial charge in [0.25, 0.3) is 0 Å². The number of hydrogen-bond donors (Lipinski definition) is 0. The van der Waals surface area contributed by atoms with Gasteiger partial charge in [-0.1, -0.05) is 11.3 Å². The van der Waals surface area contributed by atoms with E-state index in [1.807, 2.05) is 0 Å². The molecule has 5 heteroatoms. The van der Waals surface area contributed by atoms with E-state index < -0.39 is 0 Å². The summed E-state index contributed by atoms with van der Waals surface area (Å²) < 4.78 is 0. The van der Waals surface area contributed by atoms with Crippen LogP contribution in [0, 0.1) is 0 Å². The van der Waals surface area contributed by atoms with Crippen molar-refractivity contribution in [3.05, 3.63) is 5.51 Å². The standard InChI is InChI=1S/C9H14ClN3S/c10-5-1-3-8-4-2-6-13(8)9-12-11-7-14-9/h7-8H,1-6H2. The van der Waals surface area contributed by atoms with Crippen molar-refractivity contribution in [2.75, 3.05) is 17.3 Å². The highest BCUT2D eigenvalue weighted by Crippen LogP contribution is 2.28. The first-order valence-corrected chi connectivity index (χ1v) is 6.42. The first kappa shape index (κ1) is 10.2. The molecule has 1 aliphatic heterocycles. The summed E-state index contributed by atoms with van der Waals surface area (Å²) in [4.78, 5) is 2.38. The molecule has 0 N–H and O–H groups in total. The van der Waals surface area contributed by atoms with E-state index in [0.717, 1.165) is 24.0 Å². The lowest BCUT2D eigenvalue weighted by molar-refractivity contribution is 0.600. The van der Waals surface area contributed by atoms with Crippen LogP contribution in [0.25, 0.3) is 0 Å². The van der Waals surface area contributed by atoms with Gasteiger partial charge in [0.1, 0.15) is 5.51 Å². The highest BCUT2D eigenvalue weighted by molar-refractivity contribution is 7.13. The zero-order valence-electron chi connectivity index (χ0n) is 8.03. The van der Waals surface area contributed by atoms with E-state index in [-0.39, 0.29) is 0 Å². The van der Waals surface area contributed by atoms with Crippen LogP contribution in [-0.4, -0.2) is 28.7 Å². The second kappa shape index (κ2) is 4.94. The Morgan fingerprint density at radius 1 is 1.64 bits per heavy atom. The Hall–Kier alpha value is -0.350. The van der Waals surface area contributed by atoms with E-state index in [0.29, 0.717) is 6.04 Å². The van der Waals surface area contributed by atoms with E-state index >= 15 is 0 Å². The average molecular weight is 232 g/mol. The van der Waals surface area contributed by atoms with Crippen molar-refractivity contribution in [3.8, 4) is 0 Å². The summed E-state index contributed by atoms with van der Waals surface area (Å²) in [6, 6.07) is 0.640. The topological polar surface area (TPSA) is 29.0 Å². The smallest absolute Gasteiger partial charge is 0.208 e. The van der Waals surface area contributed by atoms with Crippen LogP contribution in [0.15, 0.2) is 5.51 Å². The molecule has 0 radical (unpaired) electrons. The van der Waals surface area contributed by atoms with Gasteiger partial charge in [-0.25, -0.2) is 0 Å². The van der Waals surface area contributed by atoms with Crippen molar-refractivity contribution >= 4 is 28.1 Å². The highest BCUT2D eigenvalue weighted by Gasteiger charge is 2.25. The predicted octanol–water partition coefficient (Wildman–Crippen LogP) is 2.53. The minimum Gasteiger partial charge on any atom is -0.344 e. The first-order chi connectivity index (χ1) is 6.92. The maximum atomic E-state index is 5.71. The number of rotatable bonds is 4. The summed E-state index contributed by atoms with van der Waals surface area (Å²) in [7, 11) is 0. The Bertz CT molecular complexity index is 265. The largest absolute Gasteiger partial charge is 0.344 e. The molecule has 78 valence electrons. The molecule has 2 rings (SSSR count). The van der Waals surface area contributed by atoms with Gasteiger partial charge in [0.2, 0.25) is 5.13 Å². The molecule has 0 bridgehead atoms. The maximum absolute atomic E-state index is 5.71. The molecule has 1 unspecified atom stereocenters. The summed E-state index contributed by atoms with van der Waals surface area (Å²) in [5, 5.41) is 9.07. The van der Waals surface area contributed by atoms with Gasteiger partial charge in [0, 0.05) is 18.5 Å². The van der Waals surface area contributed by atoms with E-state index in [2.05, 4.69) is 15.1 Å². The van der Waals surface area contributed by atoms with Crippen LogP contribution < -0.4 is 4.90 Å². The van der Waals surface area contributed by atoms with Crippen molar-refractivity contribution in [1.29, 1.82) is 0 Å². The highest BCUT2D eigenvalue weighted by atomic mass is 35.5. The fourth-order valence-electron chi connectivity index (χ4n) is 1.99. The van der Waals surface area contributed by atoms with Gasteiger partial charge >= 0.3 is 0 Å². The number of aromatic nitrogens is 2. The lowest BCUT2D eigenvalue weighted by atomic mass is 10.1. The lowest BCUT2D eigenvalue weighted by Gasteiger charge is -2.22. The van der Waals surface area contributed by atoms with E-state index in [9.17, 15) is 0 Å². The molecule has 0 aromatic carbocycles. The molecule has 0 saturated carbocycles. The quantitative estimate of drug-likeness (QED) is 0.746. The third-order valence-corrected chi connectivity index (χ3v) is 3.64. The Balaban J connectivity index is 1.97. The summed E-state index contributed by atoms with van der Waals surface area (Å²) in [5.74, 6) is 0.764. The molecule has 1 aliphatic rings.